The normalized spacial score (nSPS) is 36.8. The second-order valence-electron chi connectivity index (χ2n) is 5.53. The molecule has 0 aromatic heterocycles. The highest BCUT2D eigenvalue weighted by molar-refractivity contribution is 5.28. The maximum atomic E-state index is 10.6. The van der Waals surface area contributed by atoms with Crippen LogP contribution in [-0.2, 0) is 6.42 Å². The highest BCUT2D eigenvalue weighted by Gasteiger charge is 2.49. The van der Waals surface area contributed by atoms with Crippen molar-refractivity contribution < 1.29 is 10.2 Å². The molecule has 3 rings (SSSR count). The van der Waals surface area contributed by atoms with Crippen LogP contribution in [0.1, 0.15) is 31.2 Å². The van der Waals surface area contributed by atoms with E-state index in [2.05, 4.69) is 0 Å². The van der Waals surface area contributed by atoms with Gasteiger partial charge in [-0.05, 0) is 55.2 Å². The molecule has 0 amide bonds. The van der Waals surface area contributed by atoms with Crippen molar-refractivity contribution in [2.24, 2.45) is 11.8 Å². The number of rotatable bonds is 2. The van der Waals surface area contributed by atoms with E-state index in [1.807, 2.05) is 12.1 Å². The van der Waals surface area contributed by atoms with E-state index in [4.69, 9.17) is 0 Å². The molecule has 0 saturated heterocycles. The lowest BCUT2D eigenvalue weighted by Crippen LogP contribution is -2.37. The molecule has 2 aliphatic carbocycles. The standard InChI is InChI=1S/C14H18O2/c15-13-3-1-2-10(7-13)8-14(16)9-11-4-5-12(14)6-11/h1-3,7,11-12,15-16H,4-6,8-9H2. The maximum Gasteiger partial charge on any atom is 0.115 e. The summed E-state index contributed by atoms with van der Waals surface area (Å²) in [6.45, 7) is 0. The van der Waals surface area contributed by atoms with E-state index < -0.39 is 5.60 Å². The number of fused-ring (bicyclic) bond motifs is 2. The number of benzene rings is 1. The van der Waals surface area contributed by atoms with Crippen LogP contribution in [0.3, 0.4) is 0 Å². The lowest BCUT2D eigenvalue weighted by Gasteiger charge is -2.32. The van der Waals surface area contributed by atoms with Gasteiger partial charge < -0.3 is 10.2 Å². The average molecular weight is 218 g/mol. The van der Waals surface area contributed by atoms with Gasteiger partial charge in [0.15, 0.2) is 0 Å². The molecule has 86 valence electrons. The number of hydrogen-bond acceptors (Lipinski definition) is 2. The number of aliphatic hydroxyl groups is 1. The second kappa shape index (κ2) is 3.49. The first kappa shape index (κ1) is 10.2. The molecule has 2 nitrogen and oxygen atoms in total. The zero-order valence-electron chi connectivity index (χ0n) is 9.39. The molecule has 0 spiro atoms. The Hall–Kier alpha value is -1.02. The lowest BCUT2D eigenvalue weighted by atomic mass is 9.80. The summed E-state index contributed by atoms with van der Waals surface area (Å²) in [5.41, 5.74) is 0.548. The van der Waals surface area contributed by atoms with Crippen molar-refractivity contribution in [1.29, 1.82) is 0 Å². The molecule has 0 aliphatic heterocycles. The molecular formula is C14H18O2. The predicted octanol–water partition coefficient (Wildman–Crippen LogP) is 2.49. The minimum atomic E-state index is -0.503. The first-order chi connectivity index (χ1) is 7.66. The summed E-state index contributed by atoms with van der Waals surface area (Å²) in [4.78, 5) is 0. The van der Waals surface area contributed by atoms with Crippen LogP contribution in [0.4, 0.5) is 0 Å². The first-order valence-corrected chi connectivity index (χ1v) is 6.16. The number of phenolic OH excluding ortho intramolecular Hbond substituents is 1. The number of phenols is 1. The summed E-state index contributed by atoms with van der Waals surface area (Å²) < 4.78 is 0. The molecule has 2 N–H and O–H groups in total. The van der Waals surface area contributed by atoms with Crippen molar-refractivity contribution in [3.63, 3.8) is 0 Å². The number of hydrogen-bond donors (Lipinski definition) is 2. The molecule has 2 aliphatic rings. The van der Waals surface area contributed by atoms with Crippen LogP contribution in [0.5, 0.6) is 5.75 Å². The fourth-order valence-electron chi connectivity index (χ4n) is 3.65. The van der Waals surface area contributed by atoms with Crippen LogP contribution in [0.15, 0.2) is 24.3 Å². The van der Waals surface area contributed by atoms with Gasteiger partial charge in [0.25, 0.3) is 0 Å². The molecule has 2 heteroatoms. The Balaban J connectivity index is 1.79. The zero-order valence-corrected chi connectivity index (χ0v) is 9.39. The van der Waals surface area contributed by atoms with Crippen molar-refractivity contribution in [2.75, 3.05) is 0 Å². The highest BCUT2D eigenvalue weighted by atomic mass is 16.3. The third kappa shape index (κ3) is 1.61. The lowest BCUT2D eigenvalue weighted by molar-refractivity contribution is -0.0125. The minimum absolute atomic E-state index is 0.296. The average Bonchev–Trinajstić information content (AvgIpc) is 2.76. The van der Waals surface area contributed by atoms with Crippen LogP contribution in [0.2, 0.25) is 0 Å². The largest absolute Gasteiger partial charge is 0.508 e. The zero-order chi connectivity index (χ0) is 11.2. The fraction of sp³-hybridized carbons (Fsp3) is 0.571. The molecule has 2 fully saturated rings. The highest BCUT2D eigenvalue weighted by Crippen LogP contribution is 2.51. The Morgan fingerprint density at radius 2 is 2.19 bits per heavy atom. The third-order valence-electron chi connectivity index (χ3n) is 4.36. The van der Waals surface area contributed by atoms with Crippen LogP contribution < -0.4 is 0 Å². The Labute approximate surface area is 95.9 Å². The molecular weight excluding hydrogens is 200 g/mol. The quantitative estimate of drug-likeness (QED) is 0.800. The topological polar surface area (TPSA) is 40.5 Å². The second-order valence-corrected chi connectivity index (χ2v) is 5.53. The van der Waals surface area contributed by atoms with Gasteiger partial charge in [-0.25, -0.2) is 0 Å². The van der Waals surface area contributed by atoms with Crippen molar-refractivity contribution >= 4 is 0 Å². The Morgan fingerprint density at radius 3 is 2.81 bits per heavy atom. The van der Waals surface area contributed by atoms with Gasteiger partial charge in [0.2, 0.25) is 0 Å². The summed E-state index contributed by atoms with van der Waals surface area (Å²) in [5.74, 6) is 1.52. The summed E-state index contributed by atoms with van der Waals surface area (Å²) in [6.07, 6.45) is 5.33. The predicted molar refractivity (Wildman–Crippen MR) is 62.2 cm³/mol. The van der Waals surface area contributed by atoms with Gasteiger partial charge in [-0.15, -0.1) is 0 Å². The molecule has 16 heavy (non-hydrogen) atoms. The summed E-state index contributed by atoms with van der Waals surface area (Å²) in [7, 11) is 0. The van der Waals surface area contributed by atoms with Crippen molar-refractivity contribution in [3.05, 3.63) is 29.8 Å². The molecule has 3 atom stereocenters. The van der Waals surface area contributed by atoms with Gasteiger partial charge in [-0.3, -0.25) is 0 Å². The molecule has 1 aromatic carbocycles. The van der Waals surface area contributed by atoms with E-state index >= 15 is 0 Å². The van der Waals surface area contributed by atoms with Crippen LogP contribution in [0.25, 0.3) is 0 Å². The van der Waals surface area contributed by atoms with E-state index in [1.165, 1.54) is 19.3 Å². The van der Waals surface area contributed by atoms with Crippen LogP contribution >= 0.6 is 0 Å². The first-order valence-electron chi connectivity index (χ1n) is 6.16. The van der Waals surface area contributed by atoms with Gasteiger partial charge in [0, 0.05) is 6.42 Å². The van der Waals surface area contributed by atoms with Gasteiger partial charge in [-0.2, -0.15) is 0 Å². The Bertz CT molecular complexity index is 401. The van der Waals surface area contributed by atoms with Crippen molar-refractivity contribution in [2.45, 2.75) is 37.7 Å². The molecule has 2 saturated carbocycles. The maximum absolute atomic E-state index is 10.6. The molecule has 0 radical (unpaired) electrons. The summed E-state index contributed by atoms with van der Waals surface area (Å²) >= 11 is 0. The van der Waals surface area contributed by atoms with E-state index in [0.717, 1.165) is 17.9 Å². The summed E-state index contributed by atoms with van der Waals surface area (Å²) in [5, 5.41) is 20.1. The molecule has 3 unspecified atom stereocenters. The summed E-state index contributed by atoms with van der Waals surface area (Å²) in [6, 6.07) is 7.28. The molecule has 0 heterocycles. The minimum Gasteiger partial charge on any atom is -0.508 e. The van der Waals surface area contributed by atoms with E-state index in [1.54, 1.807) is 12.1 Å². The SMILES string of the molecule is Oc1cccc(CC2(O)CC3CCC2C3)c1. The van der Waals surface area contributed by atoms with Crippen molar-refractivity contribution in [3.8, 4) is 5.75 Å². The van der Waals surface area contributed by atoms with Crippen LogP contribution in [0, 0.1) is 11.8 Å². The van der Waals surface area contributed by atoms with Gasteiger partial charge >= 0.3 is 0 Å². The van der Waals surface area contributed by atoms with Crippen LogP contribution in [-0.4, -0.2) is 15.8 Å². The molecule has 1 aromatic rings. The Morgan fingerprint density at radius 1 is 1.31 bits per heavy atom. The Kier molecular flexibility index (Phi) is 2.21. The van der Waals surface area contributed by atoms with Gasteiger partial charge in [0.1, 0.15) is 5.75 Å². The van der Waals surface area contributed by atoms with E-state index in [-0.39, 0.29) is 0 Å². The third-order valence-corrected chi connectivity index (χ3v) is 4.36. The van der Waals surface area contributed by atoms with Gasteiger partial charge in [0.05, 0.1) is 5.60 Å². The van der Waals surface area contributed by atoms with E-state index in [0.29, 0.717) is 18.1 Å². The van der Waals surface area contributed by atoms with E-state index in [9.17, 15) is 10.2 Å². The molecule has 2 bridgehead atoms. The number of aromatic hydroxyl groups is 1. The van der Waals surface area contributed by atoms with Gasteiger partial charge in [-0.1, -0.05) is 12.1 Å². The monoisotopic (exact) mass is 218 g/mol. The van der Waals surface area contributed by atoms with Crippen molar-refractivity contribution in [1.82, 2.24) is 0 Å². The fourth-order valence-corrected chi connectivity index (χ4v) is 3.65. The smallest absolute Gasteiger partial charge is 0.115 e.